The highest BCUT2D eigenvalue weighted by Crippen LogP contribution is 2.31. The molecule has 0 radical (unpaired) electrons. The molecule has 1 N–H and O–H groups in total. The molecular weight excluding hydrogens is 332 g/mol. The topological polar surface area (TPSA) is 102 Å². The predicted molar refractivity (Wildman–Crippen MR) is 95.5 cm³/mol. The Morgan fingerprint density at radius 3 is 2.77 bits per heavy atom. The fourth-order valence-corrected chi connectivity index (χ4v) is 3.68. The van der Waals surface area contributed by atoms with Crippen LogP contribution in [0.1, 0.15) is 75.3 Å². The van der Waals surface area contributed by atoms with Crippen molar-refractivity contribution in [1.29, 1.82) is 0 Å². The van der Waals surface area contributed by atoms with Crippen molar-refractivity contribution in [3.8, 4) is 11.5 Å². The molecule has 2 heterocycles. The second-order valence-corrected chi connectivity index (χ2v) is 7.25. The van der Waals surface area contributed by atoms with Crippen LogP contribution in [0.2, 0.25) is 0 Å². The zero-order valence-corrected chi connectivity index (χ0v) is 15.2. The molecule has 1 aliphatic rings. The lowest BCUT2D eigenvalue weighted by atomic mass is 9.84. The van der Waals surface area contributed by atoms with E-state index in [9.17, 15) is 9.90 Å². The lowest BCUT2D eigenvalue weighted by Gasteiger charge is -2.21. The van der Waals surface area contributed by atoms with E-state index in [1.165, 1.54) is 32.1 Å². The lowest BCUT2D eigenvalue weighted by molar-refractivity contribution is -0.137. The quantitative estimate of drug-likeness (QED) is 0.756. The Hall–Kier alpha value is -2.31. The van der Waals surface area contributed by atoms with Crippen LogP contribution < -0.4 is 0 Å². The van der Waals surface area contributed by atoms with Crippen molar-refractivity contribution in [2.45, 2.75) is 70.6 Å². The standard InChI is InChI=1S/C19H26N4O3/c1-13-10-11-16(22-21-13)18-20-19(26-23-18)15(12-17(24)25)9-5-8-14-6-3-2-4-7-14/h10-11,14-15H,2-9,12H2,1H3,(H,24,25)/t15-/m0/s1. The monoisotopic (exact) mass is 358 g/mol. The van der Waals surface area contributed by atoms with Crippen molar-refractivity contribution in [1.82, 2.24) is 20.3 Å². The molecule has 0 amide bonds. The molecule has 1 aliphatic carbocycles. The van der Waals surface area contributed by atoms with Crippen LogP contribution in [-0.2, 0) is 4.79 Å². The number of carbonyl (C=O) groups is 1. The number of aryl methyl sites for hydroxylation is 1. The Bertz CT molecular complexity index is 708. The SMILES string of the molecule is Cc1ccc(-c2noc([C@@H](CCCC3CCCCC3)CC(=O)O)n2)nn1. The van der Waals surface area contributed by atoms with Gasteiger partial charge in [-0.1, -0.05) is 50.1 Å². The predicted octanol–water partition coefficient (Wildman–Crippen LogP) is 4.14. The van der Waals surface area contributed by atoms with Gasteiger partial charge in [0.15, 0.2) is 0 Å². The summed E-state index contributed by atoms with van der Waals surface area (Å²) in [6, 6.07) is 3.61. The van der Waals surface area contributed by atoms with Crippen LogP contribution in [-0.4, -0.2) is 31.4 Å². The number of carboxylic acids is 1. The van der Waals surface area contributed by atoms with Crippen LogP contribution >= 0.6 is 0 Å². The fourth-order valence-electron chi connectivity index (χ4n) is 3.68. The first-order valence-electron chi connectivity index (χ1n) is 9.48. The summed E-state index contributed by atoms with van der Waals surface area (Å²) < 4.78 is 5.36. The van der Waals surface area contributed by atoms with Crippen molar-refractivity contribution in [2.24, 2.45) is 5.92 Å². The van der Waals surface area contributed by atoms with Gasteiger partial charge in [0.05, 0.1) is 12.1 Å². The van der Waals surface area contributed by atoms with Crippen LogP contribution in [0.3, 0.4) is 0 Å². The van der Waals surface area contributed by atoms with Crippen LogP contribution in [0, 0.1) is 12.8 Å². The number of rotatable bonds is 8. The first-order valence-corrected chi connectivity index (χ1v) is 9.48. The summed E-state index contributed by atoms with van der Waals surface area (Å²) in [6.07, 6.45) is 9.52. The maximum absolute atomic E-state index is 11.2. The lowest BCUT2D eigenvalue weighted by Crippen LogP contribution is -2.10. The molecule has 0 aliphatic heterocycles. The highest BCUT2D eigenvalue weighted by atomic mass is 16.5. The Morgan fingerprint density at radius 2 is 2.08 bits per heavy atom. The van der Waals surface area contributed by atoms with Crippen molar-refractivity contribution >= 4 is 5.97 Å². The summed E-state index contributed by atoms with van der Waals surface area (Å²) in [5.41, 5.74) is 1.34. The summed E-state index contributed by atoms with van der Waals surface area (Å²) in [6.45, 7) is 1.85. The zero-order chi connectivity index (χ0) is 18.4. The normalized spacial score (nSPS) is 16.5. The van der Waals surface area contributed by atoms with E-state index in [0.717, 1.165) is 30.9 Å². The maximum Gasteiger partial charge on any atom is 0.304 e. The van der Waals surface area contributed by atoms with E-state index in [1.807, 2.05) is 13.0 Å². The molecule has 0 bridgehead atoms. The number of aliphatic carboxylic acids is 1. The van der Waals surface area contributed by atoms with Crippen LogP contribution in [0.5, 0.6) is 0 Å². The Morgan fingerprint density at radius 1 is 1.27 bits per heavy atom. The number of nitrogens with zero attached hydrogens (tertiary/aromatic N) is 4. The van der Waals surface area contributed by atoms with Crippen LogP contribution in [0.25, 0.3) is 11.5 Å². The molecule has 0 saturated heterocycles. The molecule has 2 aromatic rings. The van der Waals surface area contributed by atoms with Crippen molar-refractivity contribution in [3.05, 3.63) is 23.7 Å². The first kappa shape index (κ1) is 18.5. The molecule has 1 atom stereocenters. The number of hydrogen-bond donors (Lipinski definition) is 1. The van der Waals surface area contributed by atoms with E-state index in [2.05, 4.69) is 20.3 Å². The van der Waals surface area contributed by atoms with E-state index in [0.29, 0.717) is 17.4 Å². The van der Waals surface area contributed by atoms with Crippen molar-refractivity contribution in [2.75, 3.05) is 0 Å². The van der Waals surface area contributed by atoms with Gasteiger partial charge in [-0.25, -0.2) is 0 Å². The summed E-state index contributed by atoms with van der Waals surface area (Å²) in [4.78, 5) is 15.6. The van der Waals surface area contributed by atoms with E-state index < -0.39 is 5.97 Å². The maximum atomic E-state index is 11.2. The molecule has 7 heteroatoms. The van der Waals surface area contributed by atoms with Gasteiger partial charge < -0.3 is 9.63 Å². The smallest absolute Gasteiger partial charge is 0.304 e. The van der Waals surface area contributed by atoms with E-state index in [-0.39, 0.29) is 12.3 Å². The summed E-state index contributed by atoms with van der Waals surface area (Å²) >= 11 is 0. The molecule has 0 aromatic carbocycles. The minimum atomic E-state index is -0.845. The molecule has 0 unspecified atom stereocenters. The highest BCUT2D eigenvalue weighted by molar-refractivity contribution is 5.67. The van der Waals surface area contributed by atoms with Crippen molar-refractivity contribution < 1.29 is 14.4 Å². The van der Waals surface area contributed by atoms with Gasteiger partial charge in [-0.2, -0.15) is 10.1 Å². The second-order valence-electron chi connectivity index (χ2n) is 7.25. The van der Waals surface area contributed by atoms with Gasteiger partial charge >= 0.3 is 5.97 Å². The van der Waals surface area contributed by atoms with Crippen LogP contribution in [0.15, 0.2) is 16.7 Å². The molecule has 3 rings (SSSR count). The third-order valence-electron chi connectivity index (χ3n) is 5.13. The third-order valence-corrected chi connectivity index (χ3v) is 5.13. The zero-order valence-electron chi connectivity index (χ0n) is 15.2. The van der Waals surface area contributed by atoms with Crippen LogP contribution in [0.4, 0.5) is 0 Å². The summed E-state index contributed by atoms with van der Waals surface area (Å²) in [7, 11) is 0. The third kappa shape index (κ3) is 5.09. The molecule has 26 heavy (non-hydrogen) atoms. The molecule has 2 aromatic heterocycles. The largest absolute Gasteiger partial charge is 0.481 e. The van der Waals surface area contributed by atoms with Gasteiger partial charge in [0, 0.05) is 5.92 Å². The number of aromatic nitrogens is 4. The van der Waals surface area contributed by atoms with E-state index >= 15 is 0 Å². The summed E-state index contributed by atoms with van der Waals surface area (Å²) in [5, 5.41) is 21.2. The molecule has 1 fully saturated rings. The number of carboxylic acid groups (broad SMARTS) is 1. The summed E-state index contributed by atoms with van der Waals surface area (Å²) in [5.74, 6) is 0.428. The van der Waals surface area contributed by atoms with E-state index in [1.54, 1.807) is 6.07 Å². The molecule has 1 saturated carbocycles. The van der Waals surface area contributed by atoms with Gasteiger partial charge in [-0.3, -0.25) is 4.79 Å². The highest BCUT2D eigenvalue weighted by Gasteiger charge is 2.23. The molecule has 140 valence electrons. The molecule has 0 spiro atoms. The van der Waals surface area contributed by atoms with Gasteiger partial charge in [0.2, 0.25) is 11.7 Å². The molecule has 7 nitrogen and oxygen atoms in total. The first-order chi connectivity index (χ1) is 12.6. The van der Waals surface area contributed by atoms with Gasteiger partial charge in [0.1, 0.15) is 5.69 Å². The minimum absolute atomic E-state index is 0.00583. The minimum Gasteiger partial charge on any atom is -0.481 e. The Labute approximate surface area is 153 Å². The Kier molecular flexibility index (Phi) is 6.30. The average molecular weight is 358 g/mol. The van der Waals surface area contributed by atoms with Crippen molar-refractivity contribution in [3.63, 3.8) is 0 Å². The fraction of sp³-hybridized carbons (Fsp3) is 0.632. The Balaban J connectivity index is 1.63. The van der Waals surface area contributed by atoms with Gasteiger partial charge in [-0.15, -0.1) is 5.10 Å². The van der Waals surface area contributed by atoms with Gasteiger partial charge in [0.25, 0.3) is 0 Å². The average Bonchev–Trinajstić information content (AvgIpc) is 3.12. The van der Waals surface area contributed by atoms with Gasteiger partial charge in [-0.05, 0) is 31.4 Å². The molecular formula is C19H26N4O3. The van der Waals surface area contributed by atoms with E-state index in [4.69, 9.17) is 4.52 Å². The second kappa shape index (κ2) is 8.87. The number of hydrogen-bond acceptors (Lipinski definition) is 6.